The van der Waals surface area contributed by atoms with Crippen LogP contribution in [0.15, 0.2) is 34.3 Å². The minimum atomic E-state index is -0.0202. The van der Waals surface area contributed by atoms with Crippen molar-refractivity contribution in [1.29, 1.82) is 0 Å². The summed E-state index contributed by atoms with van der Waals surface area (Å²) in [5.41, 5.74) is 5.90. The molecule has 0 aromatic heterocycles. The second-order valence-corrected chi connectivity index (χ2v) is 14.4. The summed E-state index contributed by atoms with van der Waals surface area (Å²) in [6.07, 6.45) is 11.1. The zero-order chi connectivity index (χ0) is 30.3. The minimum absolute atomic E-state index is 0.0202. The first-order valence-electron chi connectivity index (χ1n) is 16.1. The van der Waals surface area contributed by atoms with Crippen molar-refractivity contribution in [3.05, 3.63) is 57.6 Å². The molecule has 42 heavy (non-hydrogen) atoms. The highest BCUT2D eigenvalue weighted by molar-refractivity contribution is 5.85. The summed E-state index contributed by atoms with van der Waals surface area (Å²) in [7, 11) is 0. The highest BCUT2D eigenvalue weighted by Crippen LogP contribution is 2.33. The van der Waals surface area contributed by atoms with E-state index in [2.05, 4.69) is 85.6 Å². The second-order valence-electron chi connectivity index (χ2n) is 14.4. The highest BCUT2D eigenvalue weighted by atomic mass is 16.3. The smallest absolute Gasteiger partial charge is 0.128 e. The molecule has 0 amide bonds. The van der Waals surface area contributed by atoms with Gasteiger partial charge < -0.3 is 10.2 Å². The van der Waals surface area contributed by atoms with Crippen molar-refractivity contribution in [2.24, 2.45) is 9.98 Å². The molecular weight excluding hydrogens is 520 g/mol. The Labute approximate surface area is 254 Å². The summed E-state index contributed by atoms with van der Waals surface area (Å²) in [5, 5.41) is 22.3. The van der Waals surface area contributed by atoms with Crippen LogP contribution >= 0.6 is 0 Å². The van der Waals surface area contributed by atoms with Crippen molar-refractivity contribution in [1.82, 2.24) is 9.80 Å². The van der Waals surface area contributed by atoms with Gasteiger partial charge in [-0.2, -0.15) is 0 Å². The highest BCUT2D eigenvalue weighted by Gasteiger charge is 2.22. The number of nitrogens with zero attached hydrogens (tertiary/aromatic N) is 4. The molecule has 6 heteroatoms. The number of benzene rings is 2. The van der Waals surface area contributed by atoms with Crippen LogP contribution in [-0.2, 0) is 23.9 Å². The minimum Gasteiger partial charge on any atom is -0.507 e. The molecule has 0 bridgehead atoms. The van der Waals surface area contributed by atoms with Crippen LogP contribution in [0.2, 0.25) is 0 Å². The van der Waals surface area contributed by atoms with E-state index < -0.39 is 0 Å². The van der Waals surface area contributed by atoms with Crippen molar-refractivity contribution >= 4 is 12.4 Å². The first kappa shape index (κ1) is 32.2. The Morgan fingerprint density at radius 1 is 0.595 bits per heavy atom. The molecule has 0 atom stereocenters. The third-order valence-electron chi connectivity index (χ3n) is 8.67. The van der Waals surface area contributed by atoms with Crippen LogP contribution in [0.1, 0.15) is 113 Å². The number of aromatic hydroxyl groups is 2. The van der Waals surface area contributed by atoms with E-state index in [4.69, 9.17) is 0 Å². The van der Waals surface area contributed by atoms with Gasteiger partial charge in [0.2, 0.25) is 0 Å². The monoisotopic (exact) mass is 574 g/mol. The molecule has 0 saturated carbocycles. The first-order chi connectivity index (χ1) is 19.9. The van der Waals surface area contributed by atoms with Crippen molar-refractivity contribution in [2.75, 3.05) is 39.3 Å². The van der Waals surface area contributed by atoms with E-state index in [0.29, 0.717) is 24.6 Å². The van der Waals surface area contributed by atoms with Crippen LogP contribution in [0.4, 0.5) is 0 Å². The molecule has 2 fully saturated rings. The Kier molecular flexibility index (Phi) is 10.9. The fourth-order valence-corrected chi connectivity index (χ4v) is 5.90. The van der Waals surface area contributed by atoms with Gasteiger partial charge >= 0.3 is 0 Å². The maximum atomic E-state index is 11.1. The van der Waals surface area contributed by atoms with Crippen molar-refractivity contribution < 1.29 is 10.2 Å². The van der Waals surface area contributed by atoms with E-state index in [9.17, 15) is 10.2 Å². The normalized spacial score (nSPS) is 18.0. The summed E-state index contributed by atoms with van der Waals surface area (Å²) >= 11 is 0. The number of hydrogen-bond acceptors (Lipinski definition) is 6. The van der Waals surface area contributed by atoms with Crippen LogP contribution < -0.4 is 0 Å². The Bertz CT molecular complexity index is 1140. The predicted octanol–water partition coefficient (Wildman–Crippen LogP) is 7.20. The van der Waals surface area contributed by atoms with Crippen LogP contribution in [0.3, 0.4) is 0 Å². The Morgan fingerprint density at radius 2 is 0.952 bits per heavy atom. The molecule has 2 heterocycles. The molecule has 0 unspecified atom stereocenters. The van der Waals surface area contributed by atoms with Gasteiger partial charge in [-0.05, 0) is 86.0 Å². The van der Waals surface area contributed by atoms with E-state index in [1.165, 1.54) is 49.7 Å². The summed E-state index contributed by atoms with van der Waals surface area (Å²) in [6, 6.07) is 8.48. The number of aliphatic imine (C=N–C) groups is 2. The molecule has 2 aromatic rings. The standard InChI is InChI=1S/C36H54N4O2/c1-35(2,3)31-19-27(33(41)29(21-31)25-39-15-9-7-10-16-39)23-37-13-14-38-24-28-20-32(36(4,5)6)22-30(34(28)42)26-40-17-11-8-12-18-40/h19-24,41-42H,7-18,25-26H2,1-6H3. The van der Waals surface area contributed by atoms with Crippen molar-refractivity contribution in [3.8, 4) is 11.5 Å². The van der Waals surface area contributed by atoms with Gasteiger partial charge in [-0.3, -0.25) is 19.8 Å². The van der Waals surface area contributed by atoms with E-state index in [1.54, 1.807) is 12.4 Å². The second kappa shape index (κ2) is 14.2. The number of phenols is 2. The molecule has 0 aliphatic carbocycles. The largest absolute Gasteiger partial charge is 0.507 e. The van der Waals surface area contributed by atoms with E-state index in [-0.39, 0.29) is 10.8 Å². The maximum Gasteiger partial charge on any atom is 0.128 e. The van der Waals surface area contributed by atoms with Crippen LogP contribution in [0.5, 0.6) is 11.5 Å². The summed E-state index contributed by atoms with van der Waals surface area (Å²) in [5.74, 6) is 0.678. The lowest BCUT2D eigenvalue weighted by Gasteiger charge is -2.28. The van der Waals surface area contributed by atoms with Crippen LogP contribution in [-0.4, -0.2) is 71.7 Å². The lowest BCUT2D eigenvalue weighted by molar-refractivity contribution is 0.218. The lowest BCUT2D eigenvalue weighted by Crippen LogP contribution is -2.29. The fraction of sp³-hybridized carbons (Fsp3) is 0.611. The molecule has 0 spiro atoms. The molecule has 2 aliphatic rings. The third kappa shape index (κ3) is 8.90. The van der Waals surface area contributed by atoms with Crippen molar-refractivity contribution in [3.63, 3.8) is 0 Å². The van der Waals surface area contributed by atoms with E-state index in [1.807, 2.05) is 0 Å². The van der Waals surface area contributed by atoms with Gasteiger partial charge in [0, 0.05) is 47.8 Å². The van der Waals surface area contributed by atoms with Gasteiger partial charge in [-0.1, -0.05) is 66.5 Å². The number of hydrogen-bond donors (Lipinski definition) is 2. The third-order valence-corrected chi connectivity index (χ3v) is 8.67. The average Bonchev–Trinajstić information content (AvgIpc) is 2.94. The van der Waals surface area contributed by atoms with Gasteiger partial charge in [0.05, 0.1) is 13.1 Å². The molecule has 2 saturated heterocycles. The van der Waals surface area contributed by atoms with E-state index >= 15 is 0 Å². The topological polar surface area (TPSA) is 71.7 Å². The van der Waals surface area contributed by atoms with Crippen LogP contribution in [0.25, 0.3) is 0 Å². The van der Waals surface area contributed by atoms with Gasteiger partial charge in [-0.15, -0.1) is 0 Å². The Hall–Kier alpha value is -2.70. The fourth-order valence-electron chi connectivity index (χ4n) is 5.90. The maximum absolute atomic E-state index is 11.1. The quantitative estimate of drug-likeness (QED) is 0.245. The summed E-state index contributed by atoms with van der Waals surface area (Å²) in [4.78, 5) is 14.2. The first-order valence-corrected chi connectivity index (χ1v) is 16.1. The van der Waals surface area contributed by atoms with Gasteiger partial charge in [0.25, 0.3) is 0 Å². The molecule has 2 N–H and O–H groups in total. The molecule has 2 aliphatic heterocycles. The predicted molar refractivity (Wildman–Crippen MR) is 177 cm³/mol. The average molecular weight is 575 g/mol. The number of likely N-dealkylation sites (tertiary alicyclic amines) is 2. The van der Waals surface area contributed by atoms with Gasteiger partial charge in [0.1, 0.15) is 11.5 Å². The summed E-state index contributed by atoms with van der Waals surface area (Å²) in [6.45, 7) is 20.2. The molecule has 4 rings (SSSR count). The van der Waals surface area contributed by atoms with Crippen LogP contribution in [0, 0.1) is 0 Å². The molecule has 2 aromatic carbocycles. The zero-order valence-electron chi connectivity index (χ0n) is 27.0. The lowest BCUT2D eigenvalue weighted by atomic mass is 9.84. The van der Waals surface area contributed by atoms with Crippen molar-refractivity contribution in [2.45, 2.75) is 104 Å². The molecule has 0 radical (unpaired) electrons. The molecule has 230 valence electrons. The SMILES string of the molecule is CC(C)(C)c1cc(C=NCCN=Cc2cc(C(C)(C)C)cc(CN3CCCCC3)c2O)c(O)c(CN2CCCCC2)c1. The molecular formula is C36H54N4O2. The number of rotatable bonds is 9. The van der Waals surface area contributed by atoms with E-state index in [0.717, 1.165) is 61.5 Å². The molecule has 6 nitrogen and oxygen atoms in total. The zero-order valence-corrected chi connectivity index (χ0v) is 27.0. The Morgan fingerprint density at radius 3 is 1.29 bits per heavy atom. The Balaban J connectivity index is 1.46. The summed E-state index contributed by atoms with van der Waals surface area (Å²) < 4.78 is 0. The number of piperidine rings is 2. The van der Waals surface area contributed by atoms with Gasteiger partial charge in [0.15, 0.2) is 0 Å². The number of phenolic OH excluding ortho intramolecular Hbond substituents is 2. The van der Waals surface area contributed by atoms with Gasteiger partial charge in [-0.25, -0.2) is 0 Å².